The number of benzene rings is 1. The predicted molar refractivity (Wildman–Crippen MR) is 86.2 cm³/mol. The zero-order valence-electron chi connectivity index (χ0n) is 11.9. The minimum Gasteiger partial charge on any atom is -0.346 e. The van der Waals surface area contributed by atoms with Gasteiger partial charge in [0.1, 0.15) is 17.0 Å². The molecule has 116 valence electrons. The largest absolute Gasteiger partial charge is 0.346 e. The molecule has 0 saturated carbocycles. The molecule has 23 heavy (non-hydrogen) atoms. The van der Waals surface area contributed by atoms with Gasteiger partial charge in [0.25, 0.3) is 0 Å². The number of nitrogens with one attached hydrogen (secondary N) is 3. The van der Waals surface area contributed by atoms with E-state index in [4.69, 9.17) is 0 Å². The van der Waals surface area contributed by atoms with Crippen molar-refractivity contribution >= 4 is 32.1 Å². The molecule has 4 aromatic rings. The van der Waals surface area contributed by atoms with Crippen LogP contribution >= 0.6 is 0 Å². The smallest absolute Gasteiger partial charge is 0.240 e. The molecule has 3 aromatic heterocycles. The number of hydrogen-bond acceptors (Lipinski definition) is 4. The lowest BCUT2D eigenvalue weighted by molar-refractivity contribution is 0.579. The molecule has 3 N–H and O–H groups in total. The van der Waals surface area contributed by atoms with Crippen molar-refractivity contribution in [3.05, 3.63) is 54.6 Å². The van der Waals surface area contributed by atoms with E-state index < -0.39 is 10.0 Å². The Labute approximate surface area is 131 Å². The molecule has 0 aliphatic rings. The standard InChI is InChI=1S/C15H13N5O2S/c21-23(22,10-4-2-1-3-5-10)18-9-13-19-12-8-17-15-11(6-7-16-15)14(12)20-13/h1-8,18H,9H2,(H,16,17)(H,19,20). The van der Waals surface area contributed by atoms with Crippen LogP contribution in [-0.4, -0.2) is 28.4 Å². The first-order valence-corrected chi connectivity index (χ1v) is 8.47. The van der Waals surface area contributed by atoms with E-state index in [9.17, 15) is 8.42 Å². The van der Waals surface area contributed by atoms with Gasteiger partial charge in [-0.2, -0.15) is 0 Å². The second kappa shape index (κ2) is 5.18. The zero-order chi connectivity index (χ0) is 15.9. The Morgan fingerprint density at radius 2 is 1.96 bits per heavy atom. The van der Waals surface area contributed by atoms with Crippen molar-refractivity contribution in [3.63, 3.8) is 0 Å². The summed E-state index contributed by atoms with van der Waals surface area (Å²) < 4.78 is 27.0. The van der Waals surface area contributed by atoms with Gasteiger partial charge in [-0.25, -0.2) is 23.1 Å². The lowest BCUT2D eigenvalue weighted by Gasteiger charge is -2.04. The van der Waals surface area contributed by atoms with Crippen LogP contribution in [0.25, 0.3) is 22.1 Å². The van der Waals surface area contributed by atoms with Crippen molar-refractivity contribution in [1.29, 1.82) is 0 Å². The monoisotopic (exact) mass is 327 g/mol. The number of nitrogens with zero attached hydrogens (tertiary/aromatic N) is 2. The van der Waals surface area contributed by atoms with E-state index in [1.54, 1.807) is 42.7 Å². The molecule has 0 saturated heterocycles. The van der Waals surface area contributed by atoms with E-state index in [0.717, 1.165) is 22.1 Å². The van der Waals surface area contributed by atoms with Crippen molar-refractivity contribution in [2.24, 2.45) is 0 Å². The summed E-state index contributed by atoms with van der Waals surface area (Å²) in [6, 6.07) is 10.1. The maximum atomic E-state index is 12.2. The van der Waals surface area contributed by atoms with Gasteiger partial charge in [-0.1, -0.05) is 18.2 Å². The highest BCUT2D eigenvalue weighted by Crippen LogP contribution is 2.20. The maximum Gasteiger partial charge on any atom is 0.240 e. The molecule has 7 nitrogen and oxygen atoms in total. The first-order valence-electron chi connectivity index (χ1n) is 6.99. The summed E-state index contributed by atoms with van der Waals surface area (Å²) in [5.41, 5.74) is 2.29. The van der Waals surface area contributed by atoms with Crippen LogP contribution in [0.15, 0.2) is 53.7 Å². The van der Waals surface area contributed by atoms with Gasteiger partial charge in [-0.3, -0.25) is 0 Å². The van der Waals surface area contributed by atoms with Gasteiger partial charge in [0.05, 0.1) is 23.2 Å². The Balaban J connectivity index is 1.63. The third kappa shape index (κ3) is 2.47. The number of imidazole rings is 1. The topological polar surface area (TPSA) is 104 Å². The zero-order valence-corrected chi connectivity index (χ0v) is 12.8. The number of rotatable bonds is 4. The van der Waals surface area contributed by atoms with E-state index in [2.05, 4.69) is 24.7 Å². The second-order valence-electron chi connectivity index (χ2n) is 5.08. The van der Waals surface area contributed by atoms with Crippen LogP contribution in [0.1, 0.15) is 5.82 Å². The molecule has 0 radical (unpaired) electrons. The van der Waals surface area contributed by atoms with Crippen LogP contribution in [0.4, 0.5) is 0 Å². The Morgan fingerprint density at radius 3 is 2.78 bits per heavy atom. The lowest BCUT2D eigenvalue weighted by Crippen LogP contribution is -2.23. The SMILES string of the molecule is O=S(=O)(NCc1nc2c(cnc3[nH]ccc32)[nH]1)c1ccccc1. The van der Waals surface area contributed by atoms with E-state index in [1.807, 2.05) is 6.07 Å². The third-order valence-electron chi connectivity index (χ3n) is 3.57. The Hall–Kier alpha value is -2.71. The molecular weight excluding hydrogens is 314 g/mol. The van der Waals surface area contributed by atoms with Crippen molar-refractivity contribution in [1.82, 2.24) is 24.7 Å². The molecule has 0 fully saturated rings. The van der Waals surface area contributed by atoms with E-state index >= 15 is 0 Å². The molecule has 0 amide bonds. The summed E-state index contributed by atoms with van der Waals surface area (Å²) in [5, 5.41) is 0.899. The number of sulfonamides is 1. The number of H-pyrrole nitrogens is 2. The fraction of sp³-hybridized carbons (Fsp3) is 0.0667. The van der Waals surface area contributed by atoms with Crippen molar-refractivity contribution in [2.75, 3.05) is 0 Å². The first kappa shape index (κ1) is 13.9. The highest BCUT2D eigenvalue weighted by Gasteiger charge is 2.15. The molecule has 8 heteroatoms. The maximum absolute atomic E-state index is 12.2. The van der Waals surface area contributed by atoms with Crippen molar-refractivity contribution in [2.45, 2.75) is 11.4 Å². The normalized spacial score (nSPS) is 12.2. The van der Waals surface area contributed by atoms with Crippen LogP contribution in [0, 0.1) is 0 Å². The molecular formula is C15H13N5O2S. The number of aromatic amines is 2. The van der Waals surface area contributed by atoms with E-state index in [-0.39, 0.29) is 11.4 Å². The molecule has 0 aliphatic heterocycles. The van der Waals surface area contributed by atoms with Crippen molar-refractivity contribution in [3.8, 4) is 0 Å². The quantitative estimate of drug-likeness (QED) is 0.532. The van der Waals surface area contributed by atoms with Gasteiger partial charge in [0.15, 0.2) is 0 Å². The average molecular weight is 327 g/mol. The van der Waals surface area contributed by atoms with Crippen LogP contribution in [-0.2, 0) is 16.6 Å². The number of hydrogen-bond donors (Lipinski definition) is 3. The Kier molecular flexibility index (Phi) is 3.14. The predicted octanol–water partition coefficient (Wildman–Crippen LogP) is 1.92. The minimum absolute atomic E-state index is 0.0812. The number of pyridine rings is 1. The van der Waals surface area contributed by atoms with Gasteiger partial charge >= 0.3 is 0 Å². The highest BCUT2D eigenvalue weighted by atomic mass is 32.2. The molecule has 0 spiro atoms. The highest BCUT2D eigenvalue weighted by molar-refractivity contribution is 7.89. The van der Waals surface area contributed by atoms with Gasteiger partial charge in [-0.15, -0.1) is 0 Å². The fourth-order valence-corrected chi connectivity index (χ4v) is 3.46. The van der Waals surface area contributed by atoms with Gasteiger partial charge in [0, 0.05) is 11.6 Å². The van der Waals surface area contributed by atoms with Crippen LogP contribution in [0.2, 0.25) is 0 Å². The number of aromatic nitrogens is 4. The molecule has 0 atom stereocenters. The van der Waals surface area contributed by atoms with Gasteiger partial charge in [0.2, 0.25) is 10.0 Å². The van der Waals surface area contributed by atoms with E-state index in [0.29, 0.717) is 5.82 Å². The summed E-state index contributed by atoms with van der Waals surface area (Å²) in [5.74, 6) is 0.537. The lowest BCUT2D eigenvalue weighted by atomic mass is 10.3. The molecule has 3 heterocycles. The first-order chi connectivity index (χ1) is 11.1. The second-order valence-corrected chi connectivity index (χ2v) is 6.85. The van der Waals surface area contributed by atoms with Crippen LogP contribution in [0.3, 0.4) is 0 Å². The van der Waals surface area contributed by atoms with Gasteiger partial charge in [-0.05, 0) is 18.2 Å². The fourth-order valence-electron chi connectivity index (χ4n) is 2.45. The third-order valence-corrected chi connectivity index (χ3v) is 4.98. The Bertz CT molecular complexity index is 1080. The minimum atomic E-state index is -3.56. The van der Waals surface area contributed by atoms with Crippen LogP contribution < -0.4 is 4.72 Å². The van der Waals surface area contributed by atoms with Crippen LogP contribution in [0.5, 0.6) is 0 Å². The molecule has 0 aliphatic carbocycles. The molecule has 4 rings (SSSR count). The Morgan fingerprint density at radius 1 is 1.13 bits per heavy atom. The molecule has 0 unspecified atom stereocenters. The van der Waals surface area contributed by atoms with Crippen molar-refractivity contribution < 1.29 is 8.42 Å². The number of fused-ring (bicyclic) bond motifs is 3. The summed E-state index contributed by atoms with van der Waals surface area (Å²) in [6.07, 6.45) is 3.47. The summed E-state index contributed by atoms with van der Waals surface area (Å²) >= 11 is 0. The molecule has 0 bridgehead atoms. The summed E-state index contributed by atoms with van der Waals surface area (Å²) in [6.45, 7) is 0.0812. The average Bonchev–Trinajstić information content (AvgIpc) is 3.19. The summed E-state index contributed by atoms with van der Waals surface area (Å²) in [7, 11) is -3.56. The summed E-state index contributed by atoms with van der Waals surface area (Å²) in [4.78, 5) is 15.1. The van der Waals surface area contributed by atoms with Gasteiger partial charge < -0.3 is 9.97 Å². The molecule has 1 aromatic carbocycles. The van der Waals surface area contributed by atoms with E-state index in [1.165, 1.54) is 0 Å².